The van der Waals surface area contributed by atoms with Gasteiger partial charge in [0, 0.05) is 24.5 Å². The second kappa shape index (κ2) is 7.14. The average Bonchev–Trinajstić information content (AvgIpc) is 2.53. The molecule has 1 aromatic carbocycles. The van der Waals surface area contributed by atoms with Crippen molar-refractivity contribution in [2.75, 3.05) is 31.4 Å². The lowest BCUT2D eigenvalue weighted by atomic mass is 10.3. The number of methoxy groups -OCH3 is 2. The van der Waals surface area contributed by atoms with Crippen LogP contribution in [-0.2, 0) is 0 Å². The smallest absolute Gasteiger partial charge is 0.229 e. The molecule has 0 aliphatic heterocycles. The number of rotatable bonds is 7. The molecule has 0 aliphatic rings. The summed E-state index contributed by atoms with van der Waals surface area (Å²) in [6, 6.07) is 7.31. The minimum Gasteiger partial charge on any atom is -0.493 e. The Kier molecular flexibility index (Phi) is 4.98. The van der Waals surface area contributed by atoms with Crippen LogP contribution >= 0.6 is 0 Å². The molecule has 1 heterocycles. The highest BCUT2D eigenvalue weighted by Gasteiger charge is 2.06. The molecule has 0 amide bonds. The van der Waals surface area contributed by atoms with Crippen molar-refractivity contribution < 1.29 is 9.47 Å². The lowest BCUT2D eigenvalue weighted by Crippen LogP contribution is -2.03. The van der Waals surface area contributed by atoms with Crippen LogP contribution in [0.15, 0.2) is 43.1 Å². The molecule has 1 aromatic heterocycles. The molecule has 0 aliphatic carbocycles. The van der Waals surface area contributed by atoms with Gasteiger partial charge in [-0.25, -0.2) is 4.98 Å². The van der Waals surface area contributed by atoms with Gasteiger partial charge in [0.15, 0.2) is 11.5 Å². The highest BCUT2D eigenvalue weighted by molar-refractivity contribution is 5.60. The third-order valence-corrected chi connectivity index (χ3v) is 2.72. The molecule has 0 radical (unpaired) electrons. The first-order valence-electron chi connectivity index (χ1n) is 6.43. The second-order valence-electron chi connectivity index (χ2n) is 4.13. The van der Waals surface area contributed by atoms with Crippen LogP contribution in [0.5, 0.6) is 11.5 Å². The molecular weight excluding hydrogens is 268 g/mol. The van der Waals surface area contributed by atoms with Crippen LogP contribution in [0.25, 0.3) is 0 Å². The highest BCUT2D eigenvalue weighted by atomic mass is 16.5. The summed E-state index contributed by atoms with van der Waals surface area (Å²) < 4.78 is 10.5. The monoisotopic (exact) mass is 286 g/mol. The van der Waals surface area contributed by atoms with Gasteiger partial charge in [-0.05, 0) is 18.2 Å². The fraction of sp³-hybridized carbons (Fsp3) is 0.200. The third kappa shape index (κ3) is 3.85. The zero-order valence-electron chi connectivity index (χ0n) is 12.1. The maximum absolute atomic E-state index is 5.26. The zero-order valence-corrected chi connectivity index (χ0v) is 12.1. The van der Waals surface area contributed by atoms with E-state index < -0.39 is 0 Å². The molecule has 0 unspecified atom stereocenters. The minimum absolute atomic E-state index is 0.497. The van der Waals surface area contributed by atoms with Gasteiger partial charge in [-0.2, -0.15) is 4.98 Å². The maximum Gasteiger partial charge on any atom is 0.229 e. The van der Waals surface area contributed by atoms with Crippen LogP contribution in [0.3, 0.4) is 0 Å². The molecule has 0 fully saturated rings. The Morgan fingerprint density at radius 3 is 2.71 bits per heavy atom. The molecule has 0 atom stereocenters. The molecule has 21 heavy (non-hydrogen) atoms. The lowest BCUT2D eigenvalue weighted by molar-refractivity contribution is 0.355. The summed E-state index contributed by atoms with van der Waals surface area (Å²) in [4.78, 5) is 8.53. The van der Waals surface area contributed by atoms with E-state index in [1.807, 2.05) is 18.2 Å². The number of anilines is 3. The lowest BCUT2D eigenvalue weighted by Gasteiger charge is -2.11. The van der Waals surface area contributed by atoms with Gasteiger partial charge in [0.05, 0.1) is 14.2 Å². The van der Waals surface area contributed by atoms with E-state index >= 15 is 0 Å². The van der Waals surface area contributed by atoms with E-state index in [2.05, 4.69) is 27.2 Å². The summed E-state index contributed by atoms with van der Waals surface area (Å²) in [5, 5.41) is 6.23. The highest BCUT2D eigenvalue weighted by Crippen LogP contribution is 2.30. The van der Waals surface area contributed by atoms with Crippen LogP contribution in [-0.4, -0.2) is 30.7 Å². The number of nitrogens with zero attached hydrogens (tertiary/aromatic N) is 2. The quantitative estimate of drug-likeness (QED) is 0.763. The average molecular weight is 286 g/mol. The van der Waals surface area contributed by atoms with Crippen LogP contribution in [0.1, 0.15) is 0 Å². The van der Waals surface area contributed by atoms with Gasteiger partial charge < -0.3 is 20.1 Å². The summed E-state index contributed by atoms with van der Waals surface area (Å²) in [6.07, 6.45) is 3.45. The molecule has 6 heteroatoms. The first-order chi connectivity index (χ1) is 10.3. The van der Waals surface area contributed by atoms with Gasteiger partial charge >= 0.3 is 0 Å². The molecule has 110 valence electrons. The van der Waals surface area contributed by atoms with Crippen molar-refractivity contribution in [3.8, 4) is 11.5 Å². The Balaban J connectivity index is 2.15. The molecule has 2 N–H and O–H groups in total. The van der Waals surface area contributed by atoms with Crippen molar-refractivity contribution in [1.29, 1.82) is 0 Å². The van der Waals surface area contributed by atoms with Crippen molar-refractivity contribution in [2.45, 2.75) is 0 Å². The van der Waals surface area contributed by atoms with Crippen LogP contribution < -0.4 is 20.1 Å². The first-order valence-corrected chi connectivity index (χ1v) is 6.43. The fourth-order valence-corrected chi connectivity index (χ4v) is 1.74. The van der Waals surface area contributed by atoms with E-state index in [9.17, 15) is 0 Å². The molecule has 2 rings (SSSR count). The third-order valence-electron chi connectivity index (χ3n) is 2.72. The number of hydrogen-bond acceptors (Lipinski definition) is 6. The molecule has 0 spiro atoms. The van der Waals surface area contributed by atoms with Gasteiger partial charge in [0.1, 0.15) is 5.82 Å². The largest absolute Gasteiger partial charge is 0.493 e. The normalized spacial score (nSPS) is 9.81. The Labute approximate surface area is 123 Å². The molecule has 2 aromatic rings. The van der Waals surface area contributed by atoms with Crippen molar-refractivity contribution in [2.24, 2.45) is 0 Å². The maximum atomic E-state index is 5.26. The topological polar surface area (TPSA) is 68.3 Å². The van der Waals surface area contributed by atoms with Crippen molar-refractivity contribution in [3.63, 3.8) is 0 Å². The Morgan fingerprint density at radius 1 is 1.19 bits per heavy atom. The van der Waals surface area contributed by atoms with Gasteiger partial charge in [0.2, 0.25) is 5.95 Å². The summed E-state index contributed by atoms with van der Waals surface area (Å²) in [5.74, 6) is 2.54. The standard InChI is InChI=1S/C15H18N4O2/c1-4-8-16-14-7-9-17-15(19-14)18-11-5-6-12(20-2)13(10-11)21-3/h4-7,9-10H,1,8H2,2-3H3,(H2,16,17,18,19). The zero-order chi connectivity index (χ0) is 15.1. The fourth-order valence-electron chi connectivity index (χ4n) is 1.74. The number of aromatic nitrogens is 2. The molecule has 6 nitrogen and oxygen atoms in total. The summed E-state index contributed by atoms with van der Waals surface area (Å²) >= 11 is 0. The van der Waals surface area contributed by atoms with Gasteiger partial charge in [-0.1, -0.05) is 6.08 Å². The molecular formula is C15H18N4O2. The van der Waals surface area contributed by atoms with Crippen molar-refractivity contribution in [3.05, 3.63) is 43.1 Å². The number of hydrogen-bond donors (Lipinski definition) is 2. The Morgan fingerprint density at radius 2 is 2.00 bits per heavy atom. The van der Waals surface area contributed by atoms with Crippen LogP contribution in [0.4, 0.5) is 17.5 Å². The van der Waals surface area contributed by atoms with E-state index in [4.69, 9.17) is 9.47 Å². The predicted molar refractivity (Wildman–Crippen MR) is 83.5 cm³/mol. The van der Waals surface area contributed by atoms with E-state index in [0.717, 1.165) is 11.5 Å². The molecule has 0 saturated carbocycles. The van der Waals surface area contributed by atoms with E-state index in [1.54, 1.807) is 32.6 Å². The summed E-state index contributed by atoms with van der Waals surface area (Å²) in [6.45, 7) is 4.30. The van der Waals surface area contributed by atoms with Crippen molar-refractivity contribution >= 4 is 17.5 Å². The van der Waals surface area contributed by atoms with Crippen molar-refractivity contribution in [1.82, 2.24) is 9.97 Å². The minimum atomic E-state index is 0.497. The molecule has 0 saturated heterocycles. The number of nitrogens with one attached hydrogen (secondary N) is 2. The van der Waals surface area contributed by atoms with Gasteiger partial charge in [-0.15, -0.1) is 6.58 Å². The van der Waals surface area contributed by atoms with Gasteiger partial charge in [-0.3, -0.25) is 0 Å². The van der Waals surface area contributed by atoms with E-state index in [1.165, 1.54) is 0 Å². The van der Waals surface area contributed by atoms with E-state index in [-0.39, 0.29) is 0 Å². The predicted octanol–water partition coefficient (Wildman–Crippen LogP) is 2.84. The van der Waals surface area contributed by atoms with Gasteiger partial charge in [0.25, 0.3) is 0 Å². The molecule has 0 bridgehead atoms. The second-order valence-corrected chi connectivity index (χ2v) is 4.13. The number of ether oxygens (including phenoxy) is 2. The van der Waals surface area contributed by atoms with Crippen LogP contribution in [0.2, 0.25) is 0 Å². The summed E-state index contributed by atoms with van der Waals surface area (Å²) in [5.41, 5.74) is 0.813. The summed E-state index contributed by atoms with van der Waals surface area (Å²) in [7, 11) is 3.20. The Bertz CT molecular complexity index is 616. The number of benzene rings is 1. The van der Waals surface area contributed by atoms with E-state index in [0.29, 0.717) is 24.0 Å². The first kappa shape index (κ1) is 14.6. The SMILES string of the molecule is C=CCNc1ccnc(Nc2ccc(OC)c(OC)c2)n1. The van der Waals surface area contributed by atoms with Crippen LogP contribution in [0, 0.1) is 0 Å². The Hall–Kier alpha value is -2.76.